The average Bonchev–Trinajstić information content (AvgIpc) is 2.11. The first-order valence-electron chi connectivity index (χ1n) is 3.86. The zero-order valence-corrected chi connectivity index (χ0v) is 7.53. The summed E-state index contributed by atoms with van der Waals surface area (Å²) in [7, 11) is 1.76. The molecule has 0 aromatic heterocycles. The molecule has 0 radical (unpaired) electrons. The highest BCUT2D eigenvalue weighted by Crippen LogP contribution is 2.00. The summed E-state index contributed by atoms with van der Waals surface area (Å²) in [5.41, 5.74) is 1.15. The van der Waals surface area contributed by atoms with E-state index in [1.165, 1.54) is 0 Å². The van der Waals surface area contributed by atoms with Crippen molar-refractivity contribution in [2.24, 2.45) is 4.99 Å². The van der Waals surface area contributed by atoms with Crippen LogP contribution in [0.3, 0.4) is 0 Å². The zero-order valence-electron chi connectivity index (χ0n) is 7.53. The zero-order chi connectivity index (χ0) is 9.23. The Morgan fingerprint density at radius 2 is 2.08 bits per heavy atom. The predicted octanol–water partition coefficient (Wildman–Crippen LogP) is 2.93. The summed E-state index contributed by atoms with van der Waals surface area (Å²) in [4.78, 5) is 3.89. The van der Waals surface area contributed by atoms with Crippen LogP contribution in [0.25, 0.3) is 0 Å². The molecule has 1 nitrogen and oxygen atoms in total. The van der Waals surface area contributed by atoms with Gasteiger partial charge < -0.3 is 4.99 Å². The van der Waals surface area contributed by atoms with Crippen molar-refractivity contribution in [2.45, 2.75) is 6.42 Å². The largest absolute Gasteiger partial charge is 0.301 e. The van der Waals surface area contributed by atoms with E-state index < -0.39 is 0 Å². The smallest absolute Gasteiger partial charge is 0.0273 e. The van der Waals surface area contributed by atoms with Crippen molar-refractivity contribution in [2.75, 3.05) is 7.05 Å². The first kappa shape index (κ1) is 10.6. The first-order chi connectivity index (χ1) is 5.85. The van der Waals surface area contributed by atoms with Gasteiger partial charge in [-0.3, -0.25) is 0 Å². The second kappa shape index (κ2) is 7.73. The molecular weight excluding hydrogens is 146 g/mol. The van der Waals surface area contributed by atoms with E-state index in [1.54, 1.807) is 13.1 Å². The molecule has 0 heterocycles. The lowest BCUT2D eigenvalue weighted by molar-refractivity contribution is 1.34. The van der Waals surface area contributed by atoms with Gasteiger partial charge in [-0.15, -0.1) is 0 Å². The van der Waals surface area contributed by atoms with E-state index >= 15 is 0 Å². The summed E-state index contributed by atoms with van der Waals surface area (Å²) in [6, 6.07) is 0. The van der Waals surface area contributed by atoms with E-state index in [2.05, 4.69) is 18.2 Å². The van der Waals surface area contributed by atoms with Crippen molar-refractivity contribution in [3.05, 3.63) is 49.1 Å². The molecule has 0 N–H and O–H groups in total. The molecule has 1 heteroatoms. The summed E-state index contributed by atoms with van der Waals surface area (Å²) in [5, 5.41) is 0. The van der Waals surface area contributed by atoms with Gasteiger partial charge >= 0.3 is 0 Å². The maximum absolute atomic E-state index is 3.89. The molecule has 0 aromatic rings. The van der Waals surface area contributed by atoms with Gasteiger partial charge in [0.05, 0.1) is 0 Å². The molecule has 0 aliphatic rings. The Balaban J connectivity index is 4.12. The highest BCUT2D eigenvalue weighted by Gasteiger charge is 1.84. The number of rotatable bonds is 5. The van der Waals surface area contributed by atoms with Crippen molar-refractivity contribution >= 4 is 6.21 Å². The van der Waals surface area contributed by atoms with Gasteiger partial charge in [0, 0.05) is 19.7 Å². The minimum absolute atomic E-state index is 0.835. The third kappa shape index (κ3) is 5.42. The predicted molar refractivity (Wildman–Crippen MR) is 56.7 cm³/mol. The summed E-state index contributed by atoms with van der Waals surface area (Å²) in [5.74, 6) is 0. The van der Waals surface area contributed by atoms with Crippen LogP contribution in [0.15, 0.2) is 54.1 Å². The molecule has 0 saturated carbocycles. The fourth-order valence-corrected chi connectivity index (χ4v) is 0.674. The SMILES string of the molecule is C=C/C=C\C=C(/C=C)CC=NC. The molecule has 0 fully saturated rings. The van der Waals surface area contributed by atoms with E-state index in [-0.39, 0.29) is 0 Å². The molecule has 0 atom stereocenters. The highest BCUT2D eigenvalue weighted by atomic mass is 14.6. The van der Waals surface area contributed by atoms with Crippen molar-refractivity contribution < 1.29 is 0 Å². The van der Waals surface area contributed by atoms with Gasteiger partial charge in [0.1, 0.15) is 0 Å². The highest BCUT2D eigenvalue weighted by molar-refractivity contribution is 5.62. The molecule has 0 aliphatic heterocycles. The standard InChI is InChI=1S/C11H15N/c1-4-6-7-8-11(5-2)9-10-12-3/h4-8,10H,1-2,9H2,3H3/b7-6-,11-8+,12-10?. The Labute approximate surface area is 74.5 Å². The van der Waals surface area contributed by atoms with Crippen molar-refractivity contribution in [1.82, 2.24) is 0 Å². The topological polar surface area (TPSA) is 12.4 Å². The molecular formula is C11H15N. The summed E-state index contributed by atoms with van der Waals surface area (Å²) in [6.07, 6.45) is 12.1. The van der Waals surface area contributed by atoms with Gasteiger partial charge in [-0.1, -0.05) is 43.5 Å². The molecule has 12 heavy (non-hydrogen) atoms. The Hall–Kier alpha value is -1.37. The van der Waals surface area contributed by atoms with E-state index in [4.69, 9.17) is 0 Å². The Bertz CT molecular complexity index is 219. The Kier molecular flexibility index (Phi) is 6.85. The van der Waals surface area contributed by atoms with Crippen LogP contribution >= 0.6 is 0 Å². The third-order valence-electron chi connectivity index (χ3n) is 1.33. The fourth-order valence-electron chi connectivity index (χ4n) is 0.674. The molecule has 64 valence electrons. The number of nitrogens with zero attached hydrogens (tertiary/aromatic N) is 1. The normalized spacial score (nSPS) is 12.6. The molecule has 0 rings (SSSR count). The fraction of sp³-hybridized carbons (Fsp3) is 0.182. The van der Waals surface area contributed by atoms with Crippen LogP contribution in [0.1, 0.15) is 6.42 Å². The molecule has 0 spiro atoms. The summed E-state index contributed by atoms with van der Waals surface area (Å²) >= 11 is 0. The van der Waals surface area contributed by atoms with Gasteiger partial charge in [-0.05, 0) is 5.57 Å². The van der Waals surface area contributed by atoms with Crippen molar-refractivity contribution in [3.8, 4) is 0 Å². The van der Waals surface area contributed by atoms with Crippen LogP contribution in [0.2, 0.25) is 0 Å². The molecule has 0 unspecified atom stereocenters. The minimum atomic E-state index is 0.835. The van der Waals surface area contributed by atoms with Gasteiger partial charge in [0.15, 0.2) is 0 Å². The van der Waals surface area contributed by atoms with Crippen molar-refractivity contribution in [3.63, 3.8) is 0 Å². The average molecular weight is 161 g/mol. The monoisotopic (exact) mass is 161 g/mol. The second-order valence-corrected chi connectivity index (χ2v) is 2.21. The van der Waals surface area contributed by atoms with Crippen LogP contribution in [0.4, 0.5) is 0 Å². The first-order valence-corrected chi connectivity index (χ1v) is 3.86. The number of allylic oxidation sites excluding steroid dienone is 6. The Morgan fingerprint density at radius 1 is 1.33 bits per heavy atom. The van der Waals surface area contributed by atoms with Gasteiger partial charge in [-0.2, -0.15) is 0 Å². The number of hydrogen-bond acceptors (Lipinski definition) is 1. The third-order valence-corrected chi connectivity index (χ3v) is 1.33. The lowest BCUT2D eigenvalue weighted by Gasteiger charge is -1.91. The van der Waals surface area contributed by atoms with Crippen molar-refractivity contribution in [1.29, 1.82) is 0 Å². The number of hydrogen-bond donors (Lipinski definition) is 0. The van der Waals surface area contributed by atoms with Crippen LogP contribution in [-0.2, 0) is 0 Å². The van der Waals surface area contributed by atoms with Gasteiger partial charge in [0.25, 0.3) is 0 Å². The van der Waals surface area contributed by atoms with Gasteiger partial charge in [0.2, 0.25) is 0 Å². The Morgan fingerprint density at radius 3 is 2.58 bits per heavy atom. The lowest BCUT2D eigenvalue weighted by Crippen LogP contribution is -1.78. The summed E-state index contributed by atoms with van der Waals surface area (Å²) < 4.78 is 0. The molecule has 0 aliphatic carbocycles. The van der Waals surface area contributed by atoms with E-state index in [1.807, 2.05) is 30.5 Å². The molecule has 0 bridgehead atoms. The minimum Gasteiger partial charge on any atom is -0.301 e. The van der Waals surface area contributed by atoms with E-state index in [0.29, 0.717) is 0 Å². The van der Waals surface area contributed by atoms with Crippen LogP contribution in [-0.4, -0.2) is 13.3 Å². The van der Waals surface area contributed by atoms with Gasteiger partial charge in [-0.25, -0.2) is 0 Å². The molecule has 0 aromatic carbocycles. The van der Waals surface area contributed by atoms with E-state index in [9.17, 15) is 0 Å². The summed E-state index contributed by atoms with van der Waals surface area (Å²) in [6.45, 7) is 7.28. The quantitative estimate of drug-likeness (QED) is 0.434. The lowest BCUT2D eigenvalue weighted by atomic mass is 10.2. The second-order valence-electron chi connectivity index (χ2n) is 2.21. The molecule has 0 saturated heterocycles. The van der Waals surface area contributed by atoms with E-state index in [0.717, 1.165) is 12.0 Å². The number of aliphatic imine (C=N–C) groups is 1. The maximum atomic E-state index is 3.89. The van der Waals surface area contributed by atoms with Crippen LogP contribution in [0, 0.1) is 0 Å². The maximum Gasteiger partial charge on any atom is 0.0273 e. The van der Waals surface area contributed by atoms with Crippen LogP contribution in [0.5, 0.6) is 0 Å². The molecule has 0 amide bonds. The van der Waals surface area contributed by atoms with Crippen LogP contribution < -0.4 is 0 Å².